The van der Waals surface area contributed by atoms with Gasteiger partial charge in [-0.1, -0.05) is 5.57 Å². The summed E-state index contributed by atoms with van der Waals surface area (Å²) in [7, 11) is 0. The van der Waals surface area contributed by atoms with Gasteiger partial charge < -0.3 is 9.72 Å². The minimum Gasteiger partial charge on any atom is -0.454 e. The number of carbonyl (C=O) groups excluding carboxylic acids is 2. The minimum absolute atomic E-state index is 0.233. The average Bonchev–Trinajstić information content (AvgIpc) is 2.65. The van der Waals surface area contributed by atoms with E-state index >= 15 is 0 Å². The van der Waals surface area contributed by atoms with Crippen molar-refractivity contribution in [2.24, 2.45) is 0 Å². The van der Waals surface area contributed by atoms with Crippen LogP contribution in [0.5, 0.6) is 0 Å². The lowest BCUT2D eigenvalue weighted by Crippen LogP contribution is -2.12. The van der Waals surface area contributed by atoms with E-state index in [0.717, 1.165) is 5.57 Å². The molecule has 0 spiro atoms. The Balaban J connectivity index is 2.42. The van der Waals surface area contributed by atoms with Gasteiger partial charge in [0.05, 0.1) is 5.69 Å². The number of carbonyl (C=O) groups is 2. The summed E-state index contributed by atoms with van der Waals surface area (Å²) in [5, 5.41) is 0. The number of ether oxygens (including phenoxy) is 1. The number of hydrogen-bond donors (Lipinski definition) is 1. The van der Waals surface area contributed by atoms with E-state index in [1.807, 2.05) is 0 Å². The average molecular weight is 207 g/mol. The molecule has 0 aromatic carbocycles. The van der Waals surface area contributed by atoms with Gasteiger partial charge in [-0.3, -0.25) is 4.79 Å². The molecule has 0 bridgehead atoms. The van der Waals surface area contributed by atoms with E-state index < -0.39 is 5.97 Å². The van der Waals surface area contributed by atoms with E-state index in [9.17, 15) is 9.59 Å². The third kappa shape index (κ3) is 3.81. The van der Waals surface area contributed by atoms with Gasteiger partial charge in [0.2, 0.25) is 5.78 Å². The summed E-state index contributed by atoms with van der Waals surface area (Å²) in [6, 6.07) is 3.35. The summed E-state index contributed by atoms with van der Waals surface area (Å²) in [6.45, 7) is 3.34. The second-order valence-electron chi connectivity index (χ2n) is 3.34. The van der Waals surface area contributed by atoms with Gasteiger partial charge >= 0.3 is 5.97 Å². The van der Waals surface area contributed by atoms with E-state index in [1.165, 1.54) is 6.08 Å². The molecule has 1 rings (SSSR count). The lowest BCUT2D eigenvalue weighted by Gasteiger charge is -2.00. The molecule has 15 heavy (non-hydrogen) atoms. The van der Waals surface area contributed by atoms with Gasteiger partial charge in [-0.2, -0.15) is 0 Å². The molecular formula is C11H13NO3. The topological polar surface area (TPSA) is 59.2 Å². The molecule has 80 valence electrons. The zero-order valence-corrected chi connectivity index (χ0v) is 8.74. The monoisotopic (exact) mass is 207 g/mol. The van der Waals surface area contributed by atoms with Crippen molar-refractivity contribution in [1.82, 2.24) is 4.98 Å². The molecule has 1 aromatic heterocycles. The number of nitrogens with one attached hydrogen (secondary N) is 1. The van der Waals surface area contributed by atoms with Crippen LogP contribution >= 0.6 is 0 Å². The quantitative estimate of drug-likeness (QED) is 0.464. The predicted octanol–water partition coefficient (Wildman–Crippen LogP) is 1.71. The van der Waals surface area contributed by atoms with Gasteiger partial charge in [0.1, 0.15) is 0 Å². The molecule has 1 aromatic rings. The highest BCUT2D eigenvalue weighted by atomic mass is 16.5. The molecule has 0 unspecified atom stereocenters. The van der Waals surface area contributed by atoms with Crippen LogP contribution in [-0.2, 0) is 9.53 Å². The molecule has 0 aliphatic carbocycles. The van der Waals surface area contributed by atoms with Crippen molar-refractivity contribution in [3.8, 4) is 0 Å². The number of hydrogen-bond acceptors (Lipinski definition) is 3. The summed E-state index contributed by atoms with van der Waals surface area (Å²) in [5.74, 6) is -0.731. The number of aromatic amines is 1. The van der Waals surface area contributed by atoms with Crippen molar-refractivity contribution in [1.29, 1.82) is 0 Å². The molecule has 4 nitrogen and oxygen atoms in total. The van der Waals surface area contributed by atoms with Crippen LogP contribution in [0.2, 0.25) is 0 Å². The van der Waals surface area contributed by atoms with Gasteiger partial charge in [0.25, 0.3) is 0 Å². The second-order valence-corrected chi connectivity index (χ2v) is 3.34. The lowest BCUT2D eigenvalue weighted by atomic mass is 10.3. The van der Waals surface area contributed by atoms with Crippen LogP contribution in [0.3, 0.4) is 0 Å². The van der Waals surface area contributed by atoms with Crippen LogP contribution in [0.25, 0.3) is 0 Å². The Bertz CT molecular complexity index is 373. The molecule has 0 radical (unpaired) electrons. The fraction of sp³-hybridized carbons (Fsp3) is 0.273. The lowest BCUT2D eigenvalue weighted by molar-refractivity contribution is -0.136. The molecular weight excluding hydrogens is 194 g/mol. The minimum atomic E-state index is -0.491. The van der Waals surface area contributed by atoms with Crippen LogP contribution in [0.4, 0.5) is 0 Å². The first-order chi connectivity index (χ1) is 7.09. The normalized spacial score (nSPS) is 9.47. The van der Waals surface area contributed by atoms with E-state index in [-0.39, 0.29) is 12.4 Å². The van der Waals surface area contributed by atoms with Gasteiger partial charge in [-0.25, -0.2) is 4.79 Å². The zero-order valence-electron chi connectivity index (χ0n) is 8.74. The number of ketones is 1. The van der Waals surface area contributed by atoms with Crippen molar-refractivity contribution in [3.05, 3.63) is 35.7 Å². The largest absolute Gasteiger partial charge is 0.454 e. The van der Waals surface area contributed by atoms with Crippen LogP contribution in [0, 0.1) is 0 Å². The molecule has 1 N–H and O–H groups in total. The van der Waals surface area contributed by atoms with E-state index in [1.54, 1.807) is 32.2 Å². The number of Topliss-reactive ketones (excluding diaryl/α,β-unsaturated/α-hetero) is 1. The molecule has 0 atom stereocenters. The third-order valence-electron chi connectivity index (χ3n) is 1.65. The van der Waals surface area contributed by atoms with Gasteiger partial charge in [-0.05, 0) is 26.0 Å². The summed E-state index contributed by atoms with van der Waals surface area (Å²) < 4.78 is 4.75. The molecule has 0 saturated heterocycles. The highest BCUT2D eigenvalue weighted by Crippen LogP contribution is 1.98. The first-order valence-electron chi connectivity index (χ1n) is 4.58. The molecule has 1 heterocycles. The molecule has 0 saturated carbocycles. The summed E-state index contributed by atoms with van der Waals surface area (Å²) in [5.41, 5.74) is 1.28. The molecule has 4 heteroatoms. The van der Waals surface area contributed by atoms with Crippen molar-refractivity contribution >= 4 is 11.8 Å². The third-order valence-corrected chi connectivity index (χ3v) is 1.65. The van der Waals surface area contributed by atoms with Crippen molar-refractivity contribution in [3.63, 3.8) is 0 Å². The highest BCUT2D eigenvalue weighted by molar-refractivity contribution is 5.97. The van der Waals surface area contributed by atoms with Gasteiger partial charge in [0.15, 0.2) is 6.61 Å². The predicted molar refractivity (Wildman–Crippen MR) is 55.5 cm³/mol. The second kappa shape index (κ2) is 5.14. The first-order valence-corrected chi connectivity index (χ1v) is 4.58. The highest BCUT2D eigenvalue weighted by Gasteiger charge is 2.08. The summed E-state index contributed by atoms with van der Waals surface area (Å²) >= 11 is 0. The standard InChI is InChI=1S/C11H13NO3/c1-8(2)6-11(14)15-7-10(13)9-4-3-5-12-9/h3-6,12H,7H2,1-2H3. The van der Waals surface area contributed by atoms with E-state index in [0.29, 0.717) is 5.69 Å². The maximum atomic E-state index is 11.4. The number of rotatable bonds is 4. The Morgan fingerprint density at radius 1 is 1.47 bits per heavy atom. The SMILES string of the molecule is CC(C)=CC(=O)OCC(=O)c1ccc[nH]1. The molecule has 0 aliphatic rings. The number of aromatic nitrogens is 1. The summed E-state index contributed by atoms with van der Waals surface area (Å²) in [4.78, 5) is 25.2. The smallest absolute Gasteiger partial charge is 0.331 e. The van der Waals surface area contributed by atoms with Crippen LogP contribution < -0.4 is 0 Å². The summed E-state index contributed by atoms with van der Waals surface area (Å²) in [6.07, 6.45) is 2.99. The van der Waals surface area contributed by atoms with Crippen molar-refractivity contribution in [2.45, 2.75) is 13.8 Å². The van der Waals surface area contributed by atoms with Crippen LogP contribution in [0.15, 0.2) is 30.0 Å². The first kappa shape index (κ1) is 11.2. The molecule has 0 amide bonds. The van der Waals surface area contributed by atoms with Crippen molar-refractivity contribution < 1.29 is 14.3 Å². The number of H-pyrrole nitrogens is 1. The Morgan fingerprint density at radius 2 is 2.20 bits per heavy atom. The Morgan fingerprint density at radius 3 is 2.73 bits per heavy atom. The Kier molecular flexibility index (Phi) is 3.85. The number of esters is 1. The Labute approximate surface area is 87.9 Å². The fourth-order valence-corrected chi connectivity index (χ4v) is 0.996. The van der Waals surface area contributed by atoms with Gasteiger partial charge in [-0.15, -0.1) is 0 Å². The number of allylic oxidation sites excluding steroid dienone is 1. The maximum absolute atomic E-state index is 11.4. The molecule has 0 fully saturated rings. The van der Waals surface area contributed by atoms with E-state index in [2.05, 4.69) is 4.98 Å². The fourth-order valence-electron chi connectivity index (χ4n) is 0.996. The zero-order chi connectivity index (χ0) is 11.3. The molecule has 0 aliphatic heterocycles. The maximum Gasteiger partial charge on any atom is 0.331 e. The van der Waals surface area contributed by atoms with Crippen molar-refractivity contribution in [2.75, 3.05) is 6.61 Å². The van der Waals surface area contributed by atoms with Crippen LogP contribution in [-0.4, -0.2) is 23.3 Å². The van der Waals surface area contributed by atoms with E-state index in [4.69, 9.17) is 4.74 Å². The Hall–Kier alpha value is -1.84. The van der Waals surface area contributed by atoms with Gasteiger partial charge in [0, 0.05) is 12.3 Å². The van der Waals surface area contributed by atoms with Crippen LogP contribution in [0.1, 0.15) is 24.3 Å².